The number of rotatable bonds is 11. The van der Waals surface area contributed by atoms with Crippen LogP contribution in [0.1, 0.15) is 31.9 Å². The summed E-state index contributed by atoms with van der Waals surface area (Å²) in [4.78, 5) is 28.3. The highest BCUT2D eigenvalue weighted by molar-refractivity contribution is 7.92. The summed E-state index contributed by atoms with van der Waals surface area (Å²) in [6, 6.07) is 21.1. The number of halogens is 1. The van der Waals surface area contributed by atoms with Gasteiger partial charge in [0.25, 0.3) is 10.0 Å². The quantitative estimate of drug-likeness (QED) is 0.359. The summed E-state index contributed by atoms with van der Waals surface area (Å²) in [7, 11) is -4.08. The first-order valence-corrected chi connectivity index (χ1v) is 14.3. The molecular weight excluding hydrogens is 522 g/mol. The molecule has 0 radical (unpaired) electrons. The number of carbonyl (C=O) groups is 2. The maximum Gasteiger partial charge on any atom is 0.264 e. The van der Waals surface area contributed by atoms with Gasteiger partial charge in [-0.25, -0.2) is 8.42 Å². The molecule has 0 unspecified atom stereocenters. The monoisotopic (exact) mass is 555 g/mol. The van der Waals surface area contributed by atoms with E-state index in [-0.39, 0.29) is 23.3 Å². The van der Waals surface area contributed by atoms with Crippen LogP contribution in [-0.2, 0) is 26.2 Å². The molecule has 7 nitrogen and oxygen atoms in total. The number of sulfonamides is 1. The van der Waals surface area contributed by atoms with Crippen LogP contribution in [0, 0.1) is 12.8 Å². The zero-order valence-electron chi connectivity index (χ0n) is 22.1. The van der Waals surface area contributed by atoms with Gasteiger partial charge in [0.15, 0.2) is 0 Å². The van der Waals surface area contributed by atoms with Crippen molar-refractivity contribution in [2.45, 2.75) is 45.2 Å². The molecule has 0 heterocycles. The summed E-state index contributed by atoms with van der Waals surface area (Å²) < 4.78 is 28.5. The highest BCUT2D eigenvalue weighted by atomic mass is 35.5. The van der Waals surface area contributed by atoms with Crippen molar-refractivity contribution in [2.24, 2.45) is 5.92 Å². The van der Waals surface area contributed by atoms with Crippen molar-refractivity contribution in [1.82, 2.24) is 10.2 Å². The van der Waals surface area contributed by atoms with Crippen molar-refractivity contribution >= 4 is 39.1 Å². The summed E-state index contributed by atoms with van der Waals surface area (Å²) in [6.45, 7) is 7.49. The van der Waals surface area contributed by atoms with Gasteiger partial charge in [-0.1, -0.05) is 79.5 Å². The Morgan fingerprint density at radius 3 is 2.11 bits per heavy atom. The second-order valence-electron chi connectivity index (χ2n) is 9.59. The maximum absolute atomic E-state index is 13.9. The lowest BCUT2D eigenvalue weighted by Gasteiger charge is -2.32. The Bertz CT molecular complexity index is 1350. The average molecular weight is 556 g/mol. The van der Waals surface area contributed by atoms with Gasteiger partial charge in [-0.05, 0) is 55.7 Å². The van der Waals surface area contributed by atoms with Gasteiger partial charge >= 0.3 is 0 Å². The van der Waals surface area contributed by atoms with E-state index >= 15 is 0 Å². The van der Waals surface area contributed by atoms with E-state index in [1.54, 1.807) is 73.7 Å². The molecule has 202 valence electrons. The number of amides is 2. The minimum absolute atomic E-state index is 0.0435. The van der Waals surface area contributed by atoms with E-state index in [2.05, 4.69) is 5.32 Å². The van der Waals surface area contributed by atoms with Crippen LogP contribution in [-0.4, -0.2) is 44.3 Å². The lowest BCUT2D eigenvalue weighted by Crippen LogP contribution is -2.51. The molecular formula is C29H34ClN3O4S. The molecule has 1 N–H and O–H groups in total. The number of hydrogen-bond acceptors (Lipinski definition) is 4. The minimum Gasteiger partial charge on any atom is -0.354 e. The van der Waals surface area contributed by atoms with E-state index in [4.69, 9.17) is 11.6 Å². The largest absolute Gasteiger partial charge is 0.354 e. The molecule has 2 amide bonds. The van der Waals surface area contributed by atoms with E-state index in [1.165, 1.54) is 17.0 Å². The van der Waals surface area contributed by atoms with Crippen LogP contribution in [0.4, 0.5) is 5.69 Å². The zero-order chi connectivity index (χ0) is 27.9. The highest BCUT2D eigenvalue weighted by Crippen LogP contribution is 2.25. The maximum atomic E-state index is 13.9. The molecule has 0 aliphatic rings. The lowest BCUT2D eigenvalue weighted by atomic mass is 10.1. The fourth-order valence-electron chi connectivity index (χ4n) is 3.80. The molecule has 3 aromatic carbocycles. The molecule has 0 fully saturated rings. The average Bonchev–Trinajstić information content (AvgIpc) is 2.90. The van der Waals surface area contributed by atoms with Crippen molar-refractivity contribution < 1.29 is 18.0 Å². The molecule has 0 saturated carbocycles. The van der Waals surface area contributed by atoms with E-state index in [0.717, 1.165) is 9.87 Å². The normalized spacial score (nSPS) is 12.2. The molecule has 1 atom stereocenters. The molecule has 3 rings (SSSR count). The van der Waals surface area contributed by atoms with Crippen LogP contribution >= 0.6 is 11.6 Å². The molecule has 0 saturated heterocycles. The second-order valence-corrected chi connectivity index (χ2v) is 11.9. The number of carbonyl (C=O) groups excluding carboxylic acids is 2. The fraction of sp³-hybridized carbons (Fsp3) is 0.310. The summed E-state index contributed by atoms with van der Waals surface area (Å²) in [5.41, 5.74) is 1.95. The number of hydrogen-bond donors (Lipinski definition) is 1. The first kappa shape index (κ1) is 29.2. The predicted octanol–water partition coefficient (Wildman–Crippen LogP) is 5.03. The summed E-state index contributed by atoms with van der Waals surface area (Å²) in [5, 5.41) is 3.32. The predicted molar refractivity (Wildman–Crippen MR) is 151 cm³/mol. The molecule has 0 aromatic heterocycles. The van der Waals surface area contributed by atoms with Crippen molar-refractivity contribution in [3.8, 4) is 0 Å². The topological polar surface area (TPSA) is 86.8 Å². The van der Waals surface area contributed by atoms with Crippen molar-refractivity contribution in [3.63, 3.8) is 0 Å². The summed E-state index contributed by atoms with van der Waals surface area (Å²) in [6.07, 6.45) is 0. The van der Waals surface area contributed by atoms with E-state index < -0.39 is 28.5 Å². The van der Waals surface area contributed by atoms with Gasteiger partial charge in [0.2, 0.25) is 11.8 Å². The van der Waals surface area contributed by atoms with Crippen LogP contribution in [0.3, 0.4) is 0 Å². The molecule has 0 spiro atoms. The van der Waals surface area contributed by atoms with Crippen LogP contribution in [0.5, 0.6) is 0 Å². The third kappa shape index (κ3) is 7.36. The van der Waals surface area contributed by atoms with Gasteiger partial charge in [0.1, 0.15) is 12.6 Å². The Labute approximate surface area is 230 Å². The molecule has 38 heavy (non-hydrogen) atoms. The Morgan fingerprint density at radius 1 is 0.895 bits per heavy atom. The van der Waals surface area contributed by atoms with E-state index in [1.807, 2.05) is 20.8 Å². The van der Waals surface area contributed by atoms with Gasteiger partial charge in [-0.2, -0.15) is 0 Å². The molecule has 0 aliphatic heterocycles. The number of nitrogens with zero attached hydrogens (tertiary/aromatic N) is 2. The lowest BCUT2D eigenvalue weighted by molar-refractivity contribution is -0.139. The first-order chi connectivity index (χ1) is 18.0. The van der Waals surface area contributed by atoms with Crippen LogP contribution in [0.2, 0.25) is 5.02 Å². The van der Waals surface area contributed by atoms with E-state index in [9.17, 15) is 18.0 Å². The smallest absolute Gasteiger partial charge is 0.264 e. The van der Waals surface area contributed by atoms with E-state index in [0.29, 0.717) is 22.8 Å². The van der Waals surface area contributed by atoms with Gasteiger partial charge in [0, 0.05) is 18.1 Å². The Balaban J connectivity index is 2.00. The second kappa shape index (κ2) is 12.9. The first-order valence-electron chi connectivity index (χ1n) is 12.5. The van der Waals surface area contributed by atoms with Gasteiger partial charge in [-0.3, -0.25) is 13.9 Å². The number of nitrogens with one attached hydrogen (secondary N) is 1. The van der Waals surface area contributed by atoms with Gasteiger partial charge in [0.05, 0.1) is 10.6 Å². The van der Waals surface area contributed by atoms with Crippen LogP contribution in [0.25, 0.3) is 0 Å². The number of anilines is 1. The Hall–Kier alpha value is -3.36. The Kier molecular flexibility index (Phi) is 9.94. The summed E-state index contributed by atoms with van der Waals surface area (Å²) >= 11 is 6.38. The molecule has 9 heteroatoms. The Morgan fingerprint density at radius 2 is 1.50 bits per heavy atom. The van der Waals surface area contributed by atoms with Crippen LogP contribution < -0.4 is 9.62 Å². The minimum atomic E-state index is -4.08. The standard InChI is InChI=1S/C29H34ClN3O4S/c1-21(2)18-31-29(35)23(4)32(19-24-10-8-9-13-27(24)30)28(34)20-33(25-16-14-22(3)15-17-25)38(36,37)26-11-6-5-7-12-26/h5-17,21,23H,18-20H2,1-4H3,(H,31,35)/t23-/m1/s1. The zero-order valence-corrected chi connectivity index (χ0v) is 23.7. The van der Waals surface area contributed by atoms with Gasteiger partial charge < -0.3 is 10.2 Å². The fourth-order valence-corrected chi connectivity index (χ4v) is 5.44. The molecule has 0 aliphatic carbocycles. The van der Waals surface area contributed by atoms with Gasteiger partial charge in [-0.15, -0.1) is 0 Å². The van der Waals surface area contributed by atoms with Crippen molar-refractivity contribution in [2.75, 3.05) is 17.4 Å². The molecule has 0 bridgehead atoms. The van der Waals surface area contributed by atoms with Crippen molar-refractivity contribution in [1.29, 1.82) is 0 Å². The number of aryl methyl sites for hydroxylation is 1. The third-order valence-corrected chi connectivity index (χ3v) is 8.24. The SMILES string of the molecule is Cc1ccc(N(CC(=O)N(Cc2ccccc2Cl)[C@H](C)C(=O)NCC(C)C)S(=O)(=O)c2ccccc2)cc1. The van der Waals surface area contributed by atoms with Crippen molar-refractivity contribution in [3.05, 3.63) is 95.0 Å². The van der Waals surface area contributed by atoms with Crippen LogP contribution in [0.15, 0.2) is 83.8 Å². The number of benzene rings is 3. The highest BCUT2D eigenvalue weighted by Gasteiger charge is 2.32. The molecule has 3 aromatic rings. The summed E-state index contributed by atoms with van der Waals surface area (Å²) in [5.74, 6) is -0.629. The third-order valence-electron chi connectivity index (χ3n) is 6.08.